The van der Waals surface area contributed by atoms with Crippen LogP contribution in [-0.4, -0.2) is 11.1 Å². The summed E-state index contributed by atoms with van der Waals surface area (Å²) in [5, 5.41) is 10.9. The van der Waals surface area contributed by atoms with Crippen LogP contribution >= 0.6 is 11.3 Å². The Morgan fingerprint density at radius 2 is 1.96 bits per heavy atom. The molecule has 2 aromatic heterocycles. The number of nitrogens with one attached hydrogen (secondary N) is 1. The molecule has 0 radical (unpaired) electrons. The molecule has 0 unspecified atom stereocenters. The van der Waals surface area contributed by atoms with Crippen molar-refractivity contribution in [3.05, 3.63) is 77.3 Å². The first kappa shape index (κ1) is 14.7. The number of carbonyl (C=O) groups excluding carboxylic acids is 1. The maximum atomic E-state index is 12.5. The van der Waals surface area contributed by atoms with Crippen LogP contribution < -0.4 is 5.32 Å². The Balaban J connectivity index is 1.50. The fourth-order valence-electron chi connectivity index (χ4n) is 2.62. The highest BCUT2D eigenvalue weighted by molar-refractivity contribution is 7.13. The molecule has 0 aliphatic carbocycles. The van der Waals surface area contributed by atoms with E-state index in [-0.39, 0.29) is 5.91 Å². The van der Waals surface area contributed by atoms with Crippen molar-refractivity contribution in [1.29, 1.82) is 0 Å². The van der Waals surface area contributed by atoms with Crippen molar-refractivity contribution in [3.63, 3.8) is 0 Å². The third-order valence-electron chi connectivity index (χ3n) is 3.79. The number of hydrogen-bond acceptors (Lipinski definition) is 4. The van der Waals surface area contributed by atoms with Gasteiger partial charge < -0.3 is 9.84 Å². The highest BCUT2D eigenvalue weighted by Crippen LogP contribution is 2.25. The van der Waals surface area contributed by atoms with Crippen LogP contribution in [0.3, 0.4) is 0 Å². The lowest BCUT2D eigenvalue weighted by Gasteiger charge is -2.06. The molecule has 4 nitrogen and oxygen atoms in total. The minimum absolute atomic E-state index is 0.118. The molecule has 0 atom stereocenters. The van der Waals surface area contributed by atoms with Crippen LogP contribution in [0.4, 0.5) is 0 Å². The fraction of sp³-hybridized carbons (Fsp3) is 0.0526. The van der Waals surface area contributed by atoms with E-state index in [1.165, 1.54) is 0 Å². The molecule has 0 spiro atoms. The molecule has 24 heavy (non-hydrogen) atoms. The maximum Gasteiger partial charge on any atom is 0.252 e. The van der Waals surface area contributed by atoms with Gasteiger partial charge >= 0.3 is 0 Å². The second-order valence-corrected chi connectivity index (χ2v) is 6.32. The van der Waals surface area contributed by atoms with E-state index in [2.05, 4.69) is 10.5 Å². The Labute approximate surface area is 142 Å². The van der Waals surface area contributed by atoms with Crippen LogP contribution in [0.15, 0.2) is 70.6 Å². The van der Waals surface area contributed by atoms with Gasteiger partial charge in [0.05, 0.1) is 11.4 Å². The molecule has 0 saturated heterocycles. The number of rotatable bonds is 4. The normalized spacial score (nSPS) is 10.8. The van der Waals surface area contributed by atoms with E-state index >= 15 is 0 Å². The summed E-state index contributed by atoms with van der Waals surface area (Å²) in [4.78, 5) is 13.5. The Morgan fingerprint density at radius 3 is 2.83 bits per heavy atom. The van der Waals surface area contributed by atoms with Crippen molar-refractivity contribution < 1.29 is 9.32 Å². The lowest BCUT2D eigenvalue weighted by Crippen LogP contribution is -2.23. The molecule has 2 heterocycles. The van der Waals surface area contributed by atoms with Gasteiger partial charge in [-0.15, -0.1) is 11.3 Å². The highest BCUT2D eigenvalue weighted by atomic mass is 32.1. The number of carbonyl (C=O) groups is 1. The summed E-state index contributed by atoms with van der Waals surface area (Å²) in [5.41, 5.74) is 1.36. The monoisotopic (exact) mass is 334 g/mol. The molecule has 1 N–H and O–H groups in total. The molecule has 0 aliphatic rings. The molecule has 0 aliphatic heterocycles. The average Bonchev–Trinajstić information content (AvgIpc) is 3.30. The first-order valence-corrected chi connectivity index (χ1v) is 8.45. The molecule has 4 aromatic rings. The summed E-state index contributed by atoms with van der Waals surface area (Å²) >= 11 is 1.59. The molecule has 2 aromatic carbocycles. The summed E-state index contributed by atoms with van der Waals surface area (Å²) in [6.07, 6.45) is 0. The van der Waals surface area contributed by atoms with Crippen LogP contribution in [0.5, 0.6) is 0 Å². The Bertz CT molecular complexity index is 984. The molecule has 4 rings (SSSR count). The second kappa shape index (κ2) is 6.29. The molecular formula is C19H14N2O2S. The van der Waals surface area contributed by atoms with Gasteiger partial charge in [0, 0.05) is 11.6 Å². The van der Waals surface area contributed by atoms with E-state index in [1.807, 2.05) is 66.0 Å². The van der Waals surface area contributed by atoms with E-state index < -0.39 is 0 Å². The Morgan fingerprint density at radius 1 is 1.08 bits per heavy atom. The van der Waals surface area contributed by atoms with Gasteiger partial charge in [0.15, 0.2) is 5.76 Å². The largest absolute Gasteiger partial charge is 0.355 e. The van der Waals surface area contributed by atoms with Gasteiger partial charge in [0.1, 0.15) is 5.69 Å². The summed E-state index contributed by atoms with van der Waals surface area (Å²) in [6.45, 7) is 0.330. The van der Waals surface area contributed by atoms with Gasteiger partial charge in [-0.2, -0.15) is 0 Å². The first-order chi connectivity index (χ1) is 11.8. The molecule has 0 saturated carbocycles. The topological polar surface area (TPSA) is 55.1 Å². The maximum absolute atomic E-state index is 12.5. The predicted molar refractivity (Wildman–Crippen MR) is 94.9 cm³/mol. The lowest BCUT2D eigenvalue weighted by molar-refractivity contribution is 0.0952. The van der Waals surface area contributed by atoms with E-state index in [4.69, 9.17) is 4.52 Å². The quantitative estimate of drug-likeness (QED) is 0.598. The first-order valence-electron chi connectivity index (χ1n) is 7.57. The zero-order valence-corrected chi connectivity index (χ0v) is 13.5. The van der Waals surface area contributed by atoms with Crippen LogP contribution in [0.25, 0.3) is 21.4 Å². The van der Waals surface area contributed by atoms with E-state index in [9.17, 15) is 4.79 Å². The number of benzene rings is 2. The van der Waals surface area contributed by atoms with Crippen molar-refractivity contribution in [2.24, 2.45) is 0 Å². The van der Waals surface area contributed by atoms with Gasteiger partial charge in [0.2, 0.25) is 0 Å². The molecule has 1 amide bonds. The summed E-state index contributed by atoms with van der Waals surface area (Å²) < 4.78 is 5.33. The fourth-order valence-corrected chi connectivity index (χ4v) is 3.29. The number of nitrogens with zero attached hydrogens (tertiary/aromatic N) is 1. The van der Waals surface area contributed by atoms with Crippen molar-refractivity contribution in [3.8, 4) is 10.6 Å². The Hall–Kier alpha value is -2.92. The molecular weight excluding hydrogens is 320 g/mol. The lowest BCUT2D eigenvalue weighted by atomic mass is 10.0. The van der Waals surface area contributed by atoms with Gasteiger partial charge in [0.25, 0.3) is 5.91 Å². The van der Waals surface area contributed by atoms with Crippen LogP contribution in [0.2, 0.25) is 0 Å². The predicted octanol–water partition coefficient (Wildman–Crippen LogP) is 4.49. The molecule has 0 fully saturated rings. The van der Waals surface area contributed by atoms with Gasteiger partial charge in [-0.1, -0.05) is 47.6 Å². The van der Waals surface area contributed by atoms with Crippen molar-refractivity contribution >= 4 is 28.0 Å². The van der Waals surface area contributed by atoms with Crippen LogP contribution in [-0.2, 0) is 6.54 Å². The van der Waals surface area contributed by atoms with Crippen molar-refractivity contribution in [1.82, 2.24) is 10.5 Å². The minimum atomic E-state index is -0.118. The third-order valence-corrected chi connectivity index (χ3v) is 4.67. The van der Waals surface area contributed by atoms with Gasteiger partial charge in [-0.3, -0.25) is 4.79 Å². The number of fused-ring (bicyclic) bond motifs is 1. The zero-order valence-electron chi connectivity index (χ0n) is 12.7. The molecule has 118 valence electrons. The van der Waals surface area contributed by atoms with E-state index in [0.29, 0.717) is 17.8 Å². The number of hydrogen-bond donors (Lipinski definition) is 1. The number of amides is 1. The summed E-state index contributed by atoms with van der Waals surface area (Å²) in [7, 11) is 0. The summed E-state index contributed by atoms with van der Waals surface area (Å²) in [6, 6.07) is 19.4. The standard InChI is InChI=1S/C19H14N2O2S/c22-19(16-8-3-6-13-5-1-2-7-15(13)16)20-12-14-11-17(23-21-14)18-9-4-10-24-18/h1-11H,12H2,(H,20,22). The number of thiophene rings is 1. The van der Waals surface area contributed by atoms with Gasteiger partial charge in [-0.25, -0.2) is 0 Å². The highest BCUT2D eigenvalue weighted by Gasteiger charge is 2.12. The molecule has 5 heteroatoms. The second-order valence-electron chi connectivity index (χ2n) is 5.37. The van der Waals surface area contributed by atoms with Crippen LogP contribution in [0, 0.1) is 0 Å². The van der Waals surface area contributed by atoms with Crippen molar-refractivity contribution in [2.75, 3.05) is 0 Å². The van der Waals surface area contributed by atoms with E-state index in [0.717, 1.165) is 21.4 Å². The van der Waals surface area contributed by atoms with Gasteiger partial charge in [-0.05, 0) is 28.3 Å². The molecule has 0 bridgehead atoms. The number of aromatic nitrogens is 1. The zero-order chi connectivity index (χ0) is 16.4. The minimum Gasteiger partial charge on any atom is -0.355 e. The average molecular weight is 334 g/mol. The van der Waals surface area contributed by atoms with Crippen molar-refractivity contribution in [2.45, 2.75) is 6.54 Å². The van der Waals surface area contributed by atoms with Crippen LogP contribution in [0.1, 0.15) is 16.1 Å². The summed E-state index contributed by atoms with van der Waals surface area (Å²) in [5.74, 6) is 0.604. The van der Waals surface area contributed by atoms with E-state index in [1.54, 1.807) is 11.3 Å². The Kier molecular flexibility index (Phi) is 3.84. The third kappa shape index (κ3) is 2.81. The smallest absolute Gasteiger partial charge is 0.252 e. The SMILES string of the molecule is O=C(NCc1cc(-c2cccs2)on1)c1cccc2ccccc12.